The number of hydrogen-bond donors (Lipinski definition) is 9. The molecule has 0 saturated heterocycles. The number of amides is 3. The van der Waals surface area contributed by atoms with Crippen LogP contribution in [-0.2, 0) is 25.6 Å². The van der Waals surface area contributed by atoms with Crippen LogP contribution in [0.5, 0.6) is 5.75 Å². The first-order chi connectivity index (χ1) is 19.4. The molecule has 14 heteroatoms. The van der Waals surface area contributed by atoms with Gasteiger partial charge in [0, 0.05) is 13.0 Å². The van der Waals surface area contributed by atoms with Crippen LogP contribution in [0.3, 0.4) is 0 Å². The number of phenolic OH excluding ortho intramolecular Hbond substituents is 1. The molecule has 1 rings (SSSR count). The van der Waals surface area contributed by atoms with E-state index < -0.39 is 47.9 Å². The molecule has 0 aliphatic carbocycles. The maximum absolute atomic E-state index is 13.4. The van der Waals surface area contributed by atoms with Gasteiger partial charge >= 0.3 is 5.97 Å². The number of phenols is 1. The first kappa shape index (κ1) is 35.1. The Bertz CT molecular complexity index is 1020. The lowest BCUT2D eigenvalue weighted by Crippen LogP contribution is -2.58. The summed E-state index contributed by atoms with van der Waals surface area (Å²) in [6, 6.07) is 1.74. The van der Waals surface area contributed by atoms with Crippen molar-refractivity contribution in [2.45, 2.75) is 83.0 Å². The molecule has 0 spiro atoms. The maximum Gasteiger partial charge on any atom is 0.326 e. The lowest BCUT2D eigenvalue weighted by molar-refractivity contribution is -0.142. The van der Waals surface area contributed by atoms with E-state index in [1.807, 2.05) is 6.92 Å². The fourth-order valence-electron chi connectivity index (χ4n) is 3.98. The highest BCUT2D eigenvalue weighted by Gasteiger charge is 2.32. The van der Waals surface area contributed by atoms with Gasteiger partial charge in [0.15, 0.2) is 5.96 Å². The number of unbranched alkanes of at least 4 members (excludes halogenated alkanes) is 1. The number of guanidine groups is 1. The molecule has 5 atom stereocenters. The molecule has 230 valence electrons. The fraction of sp³-hybridized carbons (Fsp3) is 0.593. The first-order valence-electron chi connectivity index (χ1n) is 13.8. The van der Waals surface area contributed by atoms with Crippen molar-refractivity contribution < 1.29 is 29.4 Å². The highest BCUT2D eigenvalue weighted by Crippen LogP contribution is 2.13. The summed E-state index contributed by atoms with van der Waals surface area (Å²) in [5, 5.41) is 27.1. The highest BCUT2D eigenvalue weighted by molar-refractivity contribution is 5.94. The third-order valence-corrected chi connectivity index (χ3v) is 6.67. The summed E-state index contributed by atoms with van der Waals surface area (Å²) in [6.07, 6.45) is 2.59. The second-order valence-corrected chi connectivity index (χ2v) is 10.0. The number of nitrogens with one attached hydrogen (secondary N) is 3. The molecule has 0 heterocycles. The molecule has 1 aromatic carbocycles. The molecule has 0 radical (unpaired) electrons. The van der Waals surface area contributed by atoms with Gasteiger partial charge in [0.05, 0.1) is 6.04 Å². The number of rotatable bonds is 19. The van der Waals surface area contributed by atoms with E-state index in [0.717, 1.165) is 0 Å². The molecule has 0 aromatic heterocycles. The average molecular weight is 579 g/mol. The van der Waals surface area contributed by atoms with Gasteiger partial charge in [-0.3, -0.25) is 19.4 Å². The predicted molar refractivity (Wildman–Crippen MR) is 155 cm³/mol. The maximum atomic E-state index is 13.4. The molecule has 0 aliphatic rings. The van der Waals surface area contributed by atoms with Crippen LogP contribution in [0.1, 0.15) is 57.9 Å². The van der Waals surface area contributed by atoms with Crippen molar-refractivity contribution in [3.8, 4) is 5.75 Å². The van der Waals surface area contributed by atoms with E-state index in [-0.39, 0.29) is 30.5 Å². The average Bonchev–Trinajstić information content (AvgIpc) is 2.93. The van der Waals surface area contributed by atoms with Crippen LogP contribution in [0.15, 0.2) is 29.3 Å². The molecule has 13 N–H and O–H groups in total. The smallest absolute Gasteiger partial charge is 0.326 e. The van der Waals surface area contributed by atoms with E-state index in [1.165, 1.54) is 12.1 Å². The van der Waals surface area contributed by atoms with Crippen molar-refractivity contribution in [1.29, 1.82) is 0 Å². The number of carbonyl (C=O) groups excluding carboxylic acids is 3. The quantitative estimate of drug-likeness (QED) is 0.0551. The number of carbonyl (C=O) groups is 4. The molecule has 0 saturated carbocycles. The summed E-state index contributed by atoms with van der Waals surface area (Å²) >= 11 is 0. The summed E-state index contributed by atoms with van der Waals surface area (Å²) in [5.41, 5.74) is 22.8. The number of aliphatic imine (C=N–C) groups is 1. The minimum absolute atomic E-state index is 0.0298. The number of nitrogens with zero attached hydrogens (tertiary/aromatic N) is 1. The standard InChI is InChI=1S/C27H46N8O6/c1-3-16(2)22(35-23(37)19(29)7-6-14-32-27(30)31)25(39)33-20(8-4-5-13-28)24(38)34-21(26(40)41)15-17-9-11-18(36)12-10-17/h9-12,16,19-22,36H,3-8,13-15,28-29H2,1-2H3,(H,33,39)(H,34,38)(H,35,37)(H,40,41)(H4,30,31,32). The molecular weight excluding hydrogens is 532 g/mol. The van der Waals surface area contributed by atoms with Crippen LogP contribution in [-0.4, -0.2) is 77.1 Å². The third kappa shape index (κ3) is 13.3. The normalized spacial score (nSPS) is 14.5. The van der Waals surface area contributed by atoms with Gasteiger partial charge in [-0.2, -0.15) is 0 Å². The third-order valence-electron chi connectivity index (χ3n) is 6.67. The Morgan fingerprint density at radius 2 is 1.54 bits per heavy atom. The van der Waals surface area contributed by atoms with Gasteiger partial charge in [-0.05, 0) is 62.3 Å². The Labute approximate surface area is 240 Å². The van der Waals surface area contributed by atoms with E-state index in [1.54, 1.807) is 19.1 Å². The Hall–Kier alpha value is -3.91. The molecule has 14 nitrogen and oxygen atoms in total. The number of carboxylic acid groups (broad SMARTS) is 1. The Kier molecular flexibility index (Phi) is 15.8. The molecule has 3 amide bonds. The van der Waals surface area contributed by atoms with Crippen LogP contribution in [0.4, 0.5) is 0 Å². The van der Waals surface area contributed by atoms with Crippen molar-refractivity contribution in [2.24, 2.45) is 33.8 Å². The van der Waals surface area contributed by atoms with Crippen molar-refractivity contribution >= 4 is 29.7 Å². The van der Waals surface area contributed by atoms with Gasteiger partial charge in [0.2, 0.25) is 17.7 Å². The highest BCUT2D eigenvalue weighted by atomic mass is 16.4. The molecular formula is C27H46N8O6. The summed E-state index contributed by atoms with van der Waals surface area (Å²) in [6.45, 7) is 4.34. The second kappa shape index (κ2) is 18.4. The number of hydrogen-bond acceptors (Lipinski definition) is 8. The van der Waals surface area contributed by atoms with Crippen molar-refractivity contribution in [3.05, 3.63) is 29.8 Å². The fourth-order valence-corrected chi connectivity index (χ4v) is 3.98. The zero-order valence-corrected chi connectivity index (χ0v) is 23.8. The minimum atomic E-state index is -1.28. The monoisotopic (exact) mass is 578 g/mol. The van der Waals surface area contributed by atoms with E-state index in [0.29, 0.717) is 50.8 Å². The Balaban J connectivity index is 2.99. The number of aliphatic carboxylic acids is 1. The molecule has 0 bridgehead atoms. The molecule has 0 fully saturated rings. The van der Waals surface area contributed by atoms with E-state index >= 15 is 0 Å². The van der Waals surface area contributed by atoms with Gasteiger partial charge in [0.25, 0.3) is 0 Å². The van der Waals surface area contributed by atoms with Crippen molar-refractivity contribution in [1.82, 2.24) is 16.0 Å². The number of nitrogens with two attached hydrogens (primary N) is 4. The van der Waals surface area contributed by atoms with Crippen LogP contribution in [0.2, 0.25) is 0 Å². The SMILES string of the molecule is CCC(C)C(NC(=O)C(N)CCCN=C(N)N)C(=O)NC(CCCCN)C(=O)NC(Cc1ccc(O)cc1)C(=O)O. The first-order valence-corrected chi connectivity index (χ1v) is 13.8. The summed E-state index contributed by atoms with van der Waals surface area (Å²) in [5.74, 6) is -3.36. The van der Waals surface area contributed by atoms with Gasteiger partial charge < -0.3 is 49.1 Å². The van der Waals surface area contributed by atoms with E-state index in [4.69, 9.17) is 22.9 Å². The van der Waals surface area contributed by atoms with Gasteiger partial charge in [-0.25, -0.2) is 4.79 Å². The molecule has 41 heavy (non-hydrogen) atoms. The number of carboxylic acids is 1. The zero-order chi connectivity index (χ0) is 30.9. The number of aromatic hydroxyl groups is 1. The Morgan fingerprint density at radius 1 is 0.902 bits per heavy atom. The van der Waals surface area contributed by atoms with Gasteiger partial charge in [0.1, 0.15) is 23.9 Å². The number of benzene rings is 1. The van der Waals surface area contributed by atoms with Crippen LogP contribution >= 0.6 is 0 Å². The minimum Gasteiger partial charge on any atom is -0.508 e. The molecule has 5 unspecified atom stereocenters. The lowest BCUT2D eigenvalue weighted by Gasteiger charge is -2.28. The Morgan fingerprint density at radius 3 is 2.10 bits per heavy atom. The van der Waals surface area contributed by atoms with Crippen LogP contribution in [0.25, 0.3) is 0 Å². The van der Waals surface area contributed by atoms with Crippen LogP contribution < -0.4 is 38.9 Å². The van der Waals surface area contributed by atoms with Crippen molar-refractivity contribution in [2.75, 3.05) is 13.1 Å². The largest absolute Gasteiger partial charge is 0.508 e. The van der Waals surface area contributed by atoms with Crippen molar-refractivity contribution in [3.63, 3.8) is 0 Å². The van der Waals surface area contributed by atoms with Crippen LogP contribution in [0, 0.1) is 5.92 Å². The van der Waals surface area contributed by atoms with E-state index in [2.05, 4.69) is 20.9 Å². The summed E-state index contributed by atoms with van der Waals surface area (Å²) < 4.78 is 0. The van der Waals surface area contributed by atoms with E-state index in [9.17, 15) is 29.4 Å². The lowest BCUT2D eigenvalue weighted by atomic mass is 9.96. The molecule has 0 aliphatic heterocycles. The zero-order valence-electron chi connectivity index (χ0n) is 23.8. The van der Waals surface area contributed by atoms with Gasteiger partial charge in [-0.15, -0.1) is 0 Å². The van der Waals surface area contributed by atoms with Gasteiger partial charge in [-0.1, -0.05) is 32.4 Å². The summed E-state index contributed by atoms with van der Waals surface area (Å²) in [7, 11) is 0. The predicted octanol–water partition coefficient (Wildman–Crippen LogP) is -0.970. The summed E-state index contributed by atoms with van der Waals surface area (Å²) in [4.78, 5) is 55.1. The molecule has 1 aromatic rings. The second-order valence-electron chi connectivity index (χ2n) is 10.0. The topological polar surface area (TPSA) is 261 Å².